The van der Waals surface area contributed by atoms with E-state index in [4.69, 9.17) is 13.9 Å². The molecule has 3 aromatic heterocycles. The molecule has 5 rings (SSSR count). The van der Waals surface area contributed by atoms with Crippen LogP contribution in [0.5, 0.6) is 11.5 Å². The first kappa shape index (κ1) is 16.3. The van der Waals surface area contributed by atoms with Gasteiger partial charge in [-0.25, -0.2) is 9.31 Å². The number of nitrogens with one attached hydrogen (secondary N) is 2. The van der Waals surface area contributed by atoms with Crippen molar-refractivity contribution in [3.8, 4) is 23.0 Å². The minimum atomic E-state index is -0.285. The van der Waals surface area contributed by atoms with Gasteiger partial charge in [0.25, 0.3) is 0 Å². The van der Waals surface area contributed by atoms with Gasteiger partial charge in [0.2, 0.25) is 6.79 Å². The van der Waals surface area contributed by atoms with Crippen LogP contribution in [0.3, 0.4) is 0 Å². The highest BCUT2D eigenvalue weighted by atomic mass is 16.7. The lowest BCUT2D eigenvalue weighted by molar-refractivity contribution is 0.174. The van der Waals surface area contributed by atoms with Gasteiger partial charge in [0.05, 0.1) is 6.26 Å². The van der Waals surface area contributed by atoms with Crippen molar-refractivity contribution in [2.75, 3.05) is 18.7 Å². The maximum Gasteiger partial charge on any atom is 0.319 e. The van der Waals surface area contributed by atoms with Crippen molar-refractivity contribution in [3.05, 3.63) is 55.1 Å². The van der Waals surface area contributed by atoms with Gasteiger partial charge >= 0.3 is 6.03 Å². The molecule has 1 aliphatic heterocycles. The van der Waals surface area contributed by atoms with Gasteiger partial charge in [-0.05, 0) is 24.3 Å². The quantitative estimate of drug-likeness (QED) is 0.556. The number of furan rings is 1. The number of anilines is 1. The molecule has 0 fully saturated rings. The predicted molar refractivity (Wildman–Crippen MR) is 100 cm³/mol. The first-order valence-electron chi connectivity index (χ1n) is 8.79. The molecular formula is C19H17N5O4. The smallest absolute Gasteiger partial charge is 0.319 e. The van der Waals surface area contributed by atoms with Crippen LogP contribution in [0.1, 0.15) is 0 Å². The van der Waals surface area contributed by atoms with Gasteiger partial charge < -0.3 is 29.1 Å². The standard InChI is InChI=1S/C19H17N5O4/c25-19(21-13-3-4-16-17(10-13)28-12-27-16)20-5-6-23-7-8-24-18(23)11-14(22-24)15-2-1-9-26-15/h1-4,7-11H,5-6,12H2,(H2,20,21,25). The van der Waals surface area contributed by atoms with Gasteiger partial charge in [-0.1, -0.05) is 0 Å². The Bertz CT molecular complexity index is 1130. The fourth-order valence-corrected chi connectivity index (χ4v) is 3.10. The van der Waals surface area contributed by atoms with Gasteiger partial charge in [-0.3, -0.25) is 0 Å². The van der Waals surface area contributed by atoms with E-state index in [1.807, 2.05) is 35.2 Å². The summed E-state index contributed by atoms with van der Waals surface area (Å²) in [7, 11) is 0. The zero-order valence-electron chi connectivity index (χ0n) is 14.8. The molecule has 0 spiro atoms. The Morgan fingerprint density at radius 1 is 1.14 bits per heavy atom. The van der Waals surface area contributed by atoms with E-state index in [1.165, 1.54) is 0 Å². The van der Waals surface area contributed by atoms with Crippen LogP contribution >= 0.6 is 0 Å². The zero-order valence-corrected chi connectivity index (χ0v) is 14.8. The highest BCUT2D eigenvalue weighted by Gasteiger charge is 2.14. The summed E-state index contributed by atoms with van der Waals surface area (Å²) in [6.45, 7) is 1.27. The Kier molecular flexibility index (Phi) is 3.90. The number of fused-ring (bicyclic) bond motifs is 2. The van der Waals surface area contributed by atoms with Crippen molar-refractivity contribution >= 4 is 17.4 Å². The Balaban J connectivity index is 1.19. The second-order valence-corrected chi connectivity index (χ2v) is 6.25. The molecule has 28 heavy (non-hydrogen) atoms. The molecule has 4 heterocycles. The summed E-state index contributed by atoms with van der Waals surface area (Å²) in [4.78, 5) is 12.1. The fourth-order valence-electron chi connectivity index (χ4n) is 3.10. The second-order valence-electron chi connectivity index (χ2n) is 6.25. The van der Waals surface area contributed by atoms with Crippen molar-refractivity contribution in [2.45, 2.75) is 6.54 Å². The number of hydrogen-bond donors (Lipinski definition) is 2. The predicted octanol–water partition coefficient (Wildman–Crippen LogP) is 2.95. The summed E-state index contributed by atoms with van der Waals surface area (Å²) in [5, 5.41) is 10.1. The Morgan fingerprint density at radius 3 is 2.96 bits per heavy atom. The van der Waals surface area contributed by atoms with E-state index >= 15 is 0 Å². The summed E-state index contributed by atoms with van der Waals surface area (Å²) in [5.74, 6) is 2.02. The van der Waals surface area contributed by atoms with E-state index in [9.17, 15) is 4.79 Å². The molecule has 0 aliphatic carbocycles. The molecule has 9 heteroatoms. The molecule has 0 saturated carbocycles. The van der Waals surface area contributed by atoms with Crippen LogP contribution in [-0.4, -0.2) is 33.5 Å². The molecule has 0 atom stereocenters. The van der Waals surface area contributed by atoms with E-state index in [2.05, 4.69) is 15.7 Å². The molecule has 9 nitrogen and oxygen atoms in total. The highest BCUT2D eigenvalue weighted by Crippen LogP contribution is 2.34. The lowest BCUT2D eigenvalue weighted by Crippen LogP contribution is -2.31. The van der Waals surface area contributed by atoms with E-state index < -0.39 is 0 Å². The number of imidazole rings is 1. The Morgan fingerprint density at radius 2 is 2.07 bits per heavy atom. The number of amides is 2. The van der Waals surface area contributed by atoms with Crippen LogP contribution in [0.15, 0.2) is 59.5 Å². The van der Waals surface area contributed by atoms with Crippen LogP contribution in [-0.2, 0) is 6.54 Å². The summed E-state index contributed by atoms with van der Waals surface area (Å²) in [6.07, 6.45) is 5.41. The van der Waals surface area contributed by atoms with Gasteiger partial charge in [0, 0.05) is 43.3 Å². The molecule has 1 aromatic carbocycles. The van der Waals surface area contributed by atoms with Crippen LogP contribution in [0.4, 0.5) is 10.5 Å². The normalized spacial score (nSPS) is 12.4. The molecule has 0 radical (unpaired) electrons. The lowest BCUT2D eigenvalue weighted by Gasteiger charge is -2.09. The van der Waals surface area contributed by atoms with Crippen molar-refractivity contribution in [2.24, 2.45) is 0 Å². The lowest BCUT2D eigenvalue weighted by atomic mass is 10.3. The third kappa shape index (κ3) is 3.02. The molecular weight excluding hydrogens is 362 g/mol. The minimum absolute atomic E-state index is 0.201. The molecule has 1 aliphatic rings. The number of aromatic nitrogens is 3. The van der Waals surface area contributed by atoms with Crippen molar-refractivity contribution in [3.63, 3.8) is 0 Å². The van der Waals surface area contributed by atoms with E-state index in [-0.39, 0.29) is 12.8 Å². The summed E-state index contributed by atoms with van der Waals surface area (Å²) in [5.41, 5.74) is 2.33. The topological polar surface area (TPSA) is 95.0 Å². The first-order chi connectivity index (χ1) is 13.8. The molecule has 2 N–H and O–H groups in total. The number of benzene rings is 1. The average Bonchev–Trinajstić information content (AvgIpc) is 3.46. The van der Waals surface area contributed by atoms with Crippen LogP contribution in [0.2, 0.25) is 0 Å². The van der Waals surface area contributed by atoms with Crippen LogP contribution in [0, 0.1) is 0 Å². The van der Waals surface area contributed by atoms with Gasteiger partial charge in [0.1, 0.15) is 11.3 Å². The summed E-state index contributed by atoms with van der Waals surface area (Å²) >= 11 is 0. The largest absolute Gasteiger partial charge is 0.463 e. The SMILES string of the molecule is O=C(NCCn1ccn2nc(-c3ccco3)cc12)Nc1ccc2c(c1)OCO2. The molecule has 4 aromatic rings. The second kappa shape index (κ2) is 6.69. The molecule has 0 unspecified atom stereocenters. The van der Waals surface area contributed by atoms with E-state index in [0.29, 0.717) is 30.3 Å². The summed E-state index contributed by atoms with van der Waals surface area (Å²) in [6, 6.07) is 10.6. The maximum atomic E-state index is 12.1. The Hall–Kier alpha value is -3.88. The number of carbonyl (C=O) groups is 1. The van der Waals surface area contributed by atoms with Gasteiger partial charge in [0.15, 0.2) is 17.3 Å². The number of ether oxygens (including phenoxy) is 2. The monoisotopic (exact) mass is 379 g/mol. The van der Waals surface area contributed by atoms with Crippen LogP contribution < -0.4 is 20.1 Å². The van der Waals surface area contributed by atoms with Crippen molar-refractivity contribution in [1.29, 1.82) is 0 Å². The molecule has 0 bridgehead atoms. The zero-order chi connectivity index (χ0) is 18.9. The molecule has 0 saturated heterocycles. The van der Waals surface area contributed by atoms with E-state index in [0.717, 1.165) is 17.1 Å². The highest BCUT2D eigenvalue weighted by molar-refractivity contribution is 5.89. The average molecular weight is 379 g/mol. The van der Waals surface area contributed by atoms with E-state index in [1.54, 1.807) is 29.0 Å². The van der Waals surface area contributed by atoms with Crippen molar-refractivity contribution < 1.29 is 18.7 Å². The number of urea groups is 1. The Labute approximate surface area is 159 Å². The first-order valence-corrected chi connectivity index (χ1v) is 8.79. The number of carbonyl (C=O) groups excluding carboxylic acids is 1. The fraction of sp³-hybridized carbons (Fsp3) is 0.158. The summed E-state index contributed by atoms with van der Waals surface area (Å²) < 4.78 is 19.8. The number of rotatable bonds is 5. The number of hydrogen-bond acceptors (Lipinski definition) is 5. The van der Waals surface area contributed by atoms with Gasteiger partial charge in [-0.2, -0.15) is 5.10 Å². The van der Waals surface area contributed by atoms with Crippen LogP contribution in [0.25, 0.3) is 17.1 Å². The maximum absolute atomic E-state index is 12.1. The molecule has 142 valence electrons. The van der Waals surface area contributed by atoms with Gasteiger partial charge in [-0.15, -0.1) is 0 Å². The third-order valence-corrected chi connectivity index (χ3v) is 4.44. The third-order valence-electron chi connectivity index (χ3n) is 4.44. The molecule has 2 amide bonds. The number of nitrogens with zero attached hydrogens (tertiary/aromatic N) is 3. The van der Waals surface area contributed by atoms with Crippen molar-refractivity contribution in [1.82, 2.24) is 19.5 Å². The minimum Gasteiger partial charge on any atom is -0.463 e.